The summed E-state index contributed by atoms with van der Waals surface area (Å²) in [6.45, 7) is 3.05. The smallest absolute Gasteiger partial charge is 0.173 e. The zero-order chi connectivity index (χ0) is 9.80. The first-order valence-corrected chi connectivity index (χ1v) is 4.84. The van der Waals surface area contributed by atoms with Crippen LogP contribution in [0.5, 0.6) is 0 Å². The average molecular weight is 264 g/mol. The second-order valence-electron chi connectivity index (χ2n) is 3.53. The minimum absolute atomic E-state index is 0. The molecule has 2 rings (SSSR count). The first kappa shape index (κ1) is 11.9. The molecule has 1 aromatic heterocycles. The number of hydrogen-bond acceptors (Lipinski definition) is 0. The summed E-state index contributed by atoms with van der Waals surface area (Å²) in [6.07, 6.45) is 4.23. The van der Waals surface area contributed by atoms with Crippen LogP contribution in [0, 0.1) is 6.92 Å². The Balaban J connectivity index is 0.00000112. The molecule has 0 aliphatic heterocycles. The van der Waals surface area contributed by atoms with Crippen LogP contribution in [-0.2, 0) is 6.54 Å². The molecule has 0 aliphatic rings. The first-order chi connectivity index (χ1) is 6.84. The van der Waals surface area contributed by atoms with E-state index in [1.54, 1.807) is 0 Å². The fourth-order valence-corrected chi connectivity index (χ4v) is 1.43. The van der Waals surface area contributed by atoms with E-state index < -0.39 is 0 Å². The third kappa shape index (κ3) is 3.48. The third-order valence-corrected chi connectivity index (χ3v) is 2.27. The van der Waals surface area contributed by atoms with E-state index in [-0.39, 0.29) is 17.0 Å². The molecule has 2 heteroatoms. The Morgan fingerprint density at radius 3 is 2.13 bits per heavy atom. The summed E-state index contributed by atoms with van der Waals surface area (Å²) in [6, 6.07) is 14.7. The molecular formula is C13H14BrN. The van der Waals surface area contributed by atoms with Gasteiger partial charge in [0, 0.05) is 17.7 Å². The van der Waals surface area contributed by atoms with E-state index in [1.165, 1.54) is 11.1 Å². The van der Waals surface area contributed by atoms with Gasteiger partial charge in [-0.05, 0) is 12.5 Å². The second-order valence-corrected chi connectivity index (χ2v) is 3.53. The van der Waals surface area contributed by atoms with Gasteiger partial charge in [-0.3, -0.25) is 0 Å². The largest absolute Gasteiger partial charge is 1.00 e. The molecule has 0 bridgehead atoms. The van der Waals surface area contributed by atoms with E-state index >= 15 is 0 Å². The highest BCUT2D eigenvalue weighted by Crippen LogP contribution is 1.97. The van der Waals surface area contributed by atoms with E-state index in [9.17, 15) is 0 Å². The van der Waals surface area contributed by atoms with Gasteiger partial charge >= 0.3 is 0 Å². The normalized spacial score (nSPS) is 9.40. The molecule has 15 heavy (non-hydrogen) atoms. The van der Waals surface area contributed by atoms with Crippen molar-refractivity contribution in [3.05, 3.63) is 66.0 Å². The van der Waals surface area contributed by atoms with Gasteiger partial charge in [0.15, 0.2) is 18.9 Å². The Bertz CT molecular complexity index is 395. The molecule has 0 saturated heterocycles. The van der Waals surface area contributed by atoms with Gasteiger partial charge in [-0.2, -0.15) is 0 Å². The van der Waals surface area contributed by atoms with Gasteiger partial charge in [0.1, 0.15) is 0 Å². The number of rotatable bonds is 2. The summed E-state index contributed by atoms with van der Waals surface area (Å²) in [5.41, 5.74) is 2.63. The predicted octanol–water partition coefficient (Wildman–Crippen LogP) is -0.665. The highest BCUT2D eigenvalue weighted by Gasteiger charge is 1.99. The van der Waals surface area contributed by atoms with Gasteiger partial charge in [0.2, 0.25) is 0 Å². The van der Waals surface area contributed by atoms with Gasteiger partial charge < -0.3 is 17.0 Å². The van der Waals surface area contributed by atoms with Crippen LogP contribution in [0.4, 0.5) is 0 Å². The number of pyridine rings is 1. The lowest BCUT2D eigenvalue weighted by molar-refractivity contribution is -0.688. The van der Waals surface area contributed by atoms with Crippen molar-refractivity contribution in [2.75, 3.05) is 0 Å². The van der Waals surface area contributed by atoms with Crippen LogP contribution in [0.15, 0.2) is 54.9 Å². The van der Waals surface area contributed by atoms with E-state index in [2.05, 4.69) is 60.3 Å². The minimum atomic E-state index is 0. The SMILES string of the molecule is Cc1cc[n+](Cc2ccccc2)cc1.[Br-]. The Kier molecular flexibility index (Phi) is 4.50. The lowest BCUT2D eigenvalue weighted by atomic mass is 10.2. The Hall–Kier alpha value is -1.15. The molecule has 1 heterocycles. The molecule has 2 aromatic rings. The fourth-order valence-electron chi connectivity index (χ4n) is 1.43. The summed E-state index contributed by atoms with van der Waals surface area (Å²) in [5, 5.41) is 0. The fraction of sp³-hybridized carbons (Fsp3) is 0.154. The van der Waals surface area contributed by atoms with Gasteiger partial charge in [0.05, 0.1) is 0 Å². The van der Waals surface area contributed by atoms with Crippen molar-refractivity contribution in [3.8, 4) is 0 Å². The lowest BCUT2D eigenvalue weighted by Gasteiger charge is -1.97. The molecule has 1 aromatic carbocycles. The molecule has 0 aliphatic carbocycles. The van der Waals surface area contributed by atoms with Crippen LogP contribution in [0.25, 0.3) is 0 Å². The maximum Gasteiger partial charge on any atom is 0.173 e. The molecule has 0 atom stereocenters. The molecule has 0 N–H and O–H groups in total. The number of nitrogens with zero attached hydrogens (tertiary/aromatic N) is 1. The van der Waals surface area contributed by atoms with Crippen molar-refractivity contribution in [2.24, 2.45) is 0 Å². The molecule has 0 saturated carbocycles. The van der Waals surface area contributed by atoms with Gasteiger partial charge in [-0.15, -0.1) is 0 Å². The quantitative estimate of drug-likeness (QED) is 0.634. The standard InChI is InChI=1S/C13H14N.BrH/c1-12-7-9-14(10-8-12)11-13-5-3-2-4-6-13;/h2-10H,11H2,1H3;1H/q+1;/p-1. The summed E-state index contributed by atoms with van der Waals surface area (Å²) < 4.78 is 2.18. The van der Waals surface area contributed by atoms with Crippen LogP contribution in [0.3, 0.4) is 0 Å². The number of hydrogen-bond donors (Lipinski definition) is 0. The maximum atomic E-state index is 2.18. The highest BCUT2D eigenvalue weighted by atomic mass is 79.9. The molecule has 1 nitrogen and oxygen atoms in total. The Morgan fingerprint density at radius 2 is 1.53 bits per heavy atom. The summed E-state index contributed by atoms with van der Waals surface area (Å²) in [7, 11) is 0. The molecule has 0 amide bonds. The van der Waals surface area contributed by atoms with Gasteiger partial charge in [0.25, 0.3) is 0 Å². The average Bonchev–Trinajstić information content (AvgIpc) is 2.23. The Labute approximate surface area is 101 Å². The van der Waals surface area contributed by atoms with E-state index in [0.29, 0.717) is 0 Å². The van der Waals surface area contributed by atoms with Crippen LogP contribution in [0.1, 0.15) is 11.1 Å². The first-order valence-electron chi connectivity index (χ1n) is 4.84. The highest BCUT2D eigenvalue weighted by molar-refractivity contribution is 5.13. The van der Waals surface area contributed by atoms with Crippen molar-refractivity contribution < 1.29 is 21.5 Å². The lowest BCUT2D eigenvalue weighted by Crippen LogP contribution is -3.00. The number of benzene rings is 1. The van der Waals surface area contributed by atoms with Gasteiger partial charge in [-0.1, -0.05) is 30.3 Å². The molecule has 0 fully saturated rings. The van der Waals surface area contributed by atoms with Crippen LogP contribution in [-0.4, -0.2) is 0 Å². The molecular weight excluding hydrogens is 250 g/mol. The number of halogens is 1. The monoisotopic (exact) mass is 263 g/mol. The molecule has 0 unspecified atom stereocenters. The van der Waals surface area contributed by atoms with Gasteiger partial charge in [-0.25, -0.2) is 4.57 Å². The molecule has 0 spiro atoms. The summed E-state index contributed by atoms with van der Waals surface area (Å²) in [5.74, 6) is 0. The van der Waals surface area contributed by atoms with E-state index in [1.807, 2.05) is 6.07 Å². The molecule has 78 valence electrons. The second kappa shape index (κ2) is 5.66. The van der Waals surface area contributed by atoms with Crippen molar-refractivity contribution in [1.82, 2.24) is 0 Å². The molecule has 0 radical (unpaired) electrons. The number of aryl methyl sites for hydroxylation is 1. The van der Waals surface area contributed by atoms with E-state index in [4.69, 9.17) is 0 Å². The van der Waals surface area contributed by atoms with Crippen molar-refractivity contribution in [2.45, 2.75) is 13.5 Å². The van der Waals surface area contributed by atoms with Crippen molar-refractivity contribution in [1.29, 1.82) is 0 Å². The van der Waals surface area contributed by atoms with Crippen LogP contribution in [0.2, 0.25) is 0 Å². The van der Waals surface area contributed by atoms with Crippen molar-refractivity contribution >= 4 is 0 Å². The summed E-state index contributed by atoms with van der Waals surface area (Å²) in [4.78, 5) is 0. The zero-order valence-electron chi connectivity index (χ0n) is 8.73. The zero-order valence-corrected chi connectivity index (χ0v) is 10.3. The maximum absolute atomic E-state index is 2.18. The van der Waals surface area contributed by atoms with E-state index in [0.717, 1.165) is 6.54 Å². The predicted molar refractivity (Wildman–Crippen MR) is 56.9 cm³/mol. The van der Waals surface area contributed by atoms with Crippen LogP contribution < -0.4 is 21.5 Å². The van der Waals surface area contributed by atoms with Crippen molar-refractivity contribution in [3.63, 3.8) is 0 Å². The Morgan fingerprint density at radius 1 is 0.933 bits per heavy atom. The minimum Gasteiger partial charge on any atom is -1.00 e. The summed E-state index contributed by atoms with van der Waals surface area (Å²) >= 11 is 0. The number of aromatic nitrogens is 1. The third-order valence-electron chi connectivity index (χ3n) is 2.27. The van der Waals surface area contributed by atoms with Crippen LogP contribution >= 0.6 is 0 Å². The topological polar surface area (TPSA) is 3.88 Å².